The summed E-state index contributed by atoms with van der Waals surface area (Å²) in [5.41, 5.74) is 3.72. The smallest absolute Gasteiger partial charge is 0.119 e. The van der Waals surface area contributed by atoms with Crippen LogP contribution in [0.25, 0.3) is 0 Å². The number of aryl methyl sites for hydroxylation is 1. The van der Waals surface area contributed by atoms with Crippen LogP contribution in [-0.4, -0.2) is 6.61 Å². The summed E-state index contributed by atoms with van der Waals surface area (Å²) in [6, 6.07) is 14.7. The van der Waals surface area contributed by atoms with Crippen LogP contribution in [0.15, 0.2) is 46.9 Å². The molecule has 0 heterocycles. The highest BCUT2D eigenvalue weighted by Gasteiger charge is 2.11. The Bertz CT molecular complexity index is 529. The first-order valence-electron chi connectivity index (χ1n) is 6.24. The van der Waals surface area contributed by atoms with Gasteiger partial charge in [0.1, 0.15) is 5.75 Å². The number of halogens is 2. The second-order valence-electron chi connectivity index (χ2n) is 4.43. The number of hydrogen-bond donors (Lipinski definition) is 0. The summed E-state index contributed by atoms with van der Waals surface area (Å²) in [6.45, 7) is 4.79. The quantitative estimate of drug-likeness (QED) is 0.620. The third-order valence-corrected chi connectivity index (χ3v) is 4.36. The van der Waals surface area contributed by atoms with E-state index in [9.17, 15) is 0 Å². The fraction of sp³-hybridized carbons (Fsp3) is 0.250. The molecule has 0 spiro atoms. The van der Waals surface area contributed by atoms with Crippen molar-refractivity contribution in [1.82, 2.24) is 0 Å². The van der Waals surface area contributed by atoms with Gasteiger partial charge in [-0.1, -0.05) is 50.1 Å². The Labute approximate surface area is 131 Å². The van der Waals surface area contributed by atoms with Crippen molar-refractivity contribution in [1.29, 1.82) is 0 Å². The molecule has 0 aromatic heterocycles. The van der Waals surface area contributed by atoms with Crippen LogP contribution in [0.1, 0.15) is 28.4 Å². The molecule has 2 aromatic rings. The Balaban J connectivity index is 2.25. The SMILES string of the molecule is CCOc1ccc(C(Br)c2cc(C)cc(Br)c2)cc1. The Morgan fingerprint density at radius 1 is 1.05 bits per heavy atom. The van der Waals surface area contributed by atoms with Crippen molar-refractivity contribution in [2.45, 2.75) is 18.7 Å². The molecule has 100 valence electrons. The molecule has 0 aliphatic heterocycles. The summed E-state index contributed by atoms with van der Waals surface area (Å²) >= 11 is 7.31. The first-order valence-corrected chi connectivity index (χ1v) is 7.95. The molecular weight excluding hydrogens is 368 g/mol. The highest BCUT2D eigenvalue weighted by molar-refractivity contribution is 9.10. The minimum Gasteiger partial charge on any atom is -0.494 e. The summed E-state index contributed by atoms with van der Waals surface area (Å²) in [5, 5.41) is 0. The minimum absolute atomic E-state index is 0.194. The van der Waals surface area contributed by atoms with Gasteiger partial charge >= 0.3 is 0 Å². The van der Waals surface area contributed by atoms with Crippen LogP contribution < -0.4 is 4.74 Å². The summed E-state index contributed by atoms with van der Waals surface area (Å²) in [6.07, 6.45) is 0. The van der Waals surface area contributed by atoms with Crippen molar-refractivity contribution in [3.05, 3.63) is 63.6 Å². The van der Waals surface area contributed by atoms with Gasteiger partial charge in [-0.25, -0.2) is 0 Å². The van der Waals surface area contributed by atoms with Gasteiger partial charge in [-0.15, -0.1) is 0 Å². The highest BCUT2D eigenvalue weighted by Crippen LogP contribution is 2.33. The lowest BCUT2D eigenvalue weighted by Gasteiger charge is -2.13. The molecule has 0 aliphatic rings. The van der Waals surface area contributed by atoms with E-state index in [-0.39, 0.29) is 4.83 Å². The van der Waals surface area contributed by atoms with Crippen LogP contribution >= 0.6 is 31.9 Å². The molecule has 0 radical (unpaired) electrons. The maximum atomic E-state index is 5.46. The normalized spacial score (nSPS) is 12.2. The molecule has 0 saturated carbocycles. The number of alkyl halides is 1. The van der Waals surface area contributed by atoms with Crippen molar-refractivity contribution in [2.24, 2.45) is 0 Å². The van der Waals surface area contributed by atoms with Gasteiger partial charge in [0.15, 0.2) is 0 Å². The van der Waals surface area contributed by atoms with Crippen LogP contribution in [-0.2, 0) is 0 Å². The Kier molecular flexibility index (Phi) is 5.06. The van der Waals surface area contributed by atoms with E-state index in [2.05, 4.69) is 69.1 Å². The zero-order valence-electron chi connectivity index (χ0n) is 11.0. The van der Waals surface area contributed by atoms with Gasteiger partial charge in [0.2, 0.25) is 0 Å². The summed E-state index contributed by atoms with van der Waals surface area (Å²) in [4.78, 5) is 0.194. The number of benzene rings is 2. The molecule has 0 amide bonds. The lowest BCUT2D eigenvalue weighted by atomic mass is 10.0. The third kappa shape index (κ3) is 3.83. The van der Waals surface area contributed by atoms with Crippen molar-refractivity contribution >= 4 is 31.9 Å². The number of rotatable bonds is 4. The van der Waals surface area contributed by atoms with Crippen LogP contribution in [0.5, 0.6) is 5.75 Å². The average Bonchev–Trinajstić information content (AvgIpc) is 2.38. The van der Waals surface area contributed by atoms with Gasteiger partial charge in [0.05, 0.1) is 11.4 Å². The molecule has 1 atom stereocenters. The van der Waals surface area contributed by atoms with Crippen molar-refractivity contribution < 1.29 is 4.74 Å². The van der Waals surface area contributed by atoms with Crippen molar-refractivity contribution in [2.75, 3.05) is 6.61 Å². The standard InChI is InChI=1S/C16H16Br2O/c1-3-19-15-6-4-12(5-7-15)16(18)13-8-11(2)9-14(17)10-13/h4-10,16H,3H2,1-2H3. The lowest BCUT2D eigenvalue weighted by Crippen LogP contribution is -1.95. The van der Waals surface area contributed by atoms with E-state index in [0.29, 0.717) is 6.61 Å². The molecule has 0 saturated heterocycles. The van der Waals surface area contributed by atoms with E-state index in [4.69, 9.17) is 4.74 Å². The van der Waals surface area contributed by atoms with E-state index in [1.807, 2.05) is 19.1 Å². The Hall–Kier alpha value is -0.800. The van der Waals surface area contributed by atoms with Crippen LogP contribution in [0.3, 0.4) is 0 Å². The van der Waals surface area contributed by atoms with E-state index in [1.54, 1.807) is 0 Å². The summed E-state index contributed by atoms with van der Waals surface area (Å²) in [5.74, 6) is 0.913. The lowest BCUT2D eigenvalue weighted by molar-refractivity contribution is 0.340. The molecule has 0 bridgehead atoms. The second kappa shape index (κ2) is 6.58. The monoisotopic (exact) mass is 382 g/mol. The number of hydrogen-bond acceptors (Lipinski definition) is 1. The molecule has 0 N–H and O–H groups in total. The van der Waals surface area contributed by atoms with Crippen LogP contribution in [0.2, 0.25) is 0 Å². The summed E-state index contributed by atoms with van der Waals surface area (Å²) < 4.78 is 6.57. The van der Waals surface area contributed by atoms with Crippen LogP contribution in [0, 0.1) is 6.92 Å². The maximum absolute atomic E-state index is 5.46. The van der Waals surface area contributed by atoms with Gasteiger partial charge < -0.3 is 4.74 Å². The zero-order chi connectivity index (χ0) is 13.8. The Morgan fingerprint density at radius 3 is 2.32 bits per heavy atom. The van der Waals surface area contributed by atoms with Gasteiger partial charge in [0, 0.05) is 4.47 Å². The minimum atomic E-state index is 0.194. The van der Waals surface area contributed by atoms with Gasteiger partial charge in [-0.2, -0.15) is 0 Å². The molecule has 0 fully saturated rings. The van der Waals surface area contributed by atoms with Crippen LogP contribution in [0.4, 0.5) is 0 Å². The van der Waals surface area contributed by atoms with Crippen molar-refractivity contribution in [3.63, 3.8) is 0 Å². The zero-order valence-corrected chi connectivity index (χ0v) is 14.2. The first kappa shape index (κ1) is 14.6. The molecule has 2 rings (SSSR count). The molecule has 2 aromatic carbocycles. The maximum Gasteiger partial charge on any atom is 0.119 e. The highest BCUT2D eigenvalue weighted by atomic mass is 79.9. The summed E-state index contributed by atoms with van der Waals surface area (Å²) in [7, 11) is 0. The van der Waals surface area contributed by atoms with Crippen molar-refractivity contribution in [3.8, 4) is 5.75 Å². The van der Waals surface area contributed by atoms with Gasteiger partial charge in [-0.3, -0.25) is 0 Å². The van der Waals surface area contributed by atoms with Gasteiger partial charge in [0.25, 0.3) is 0 Å². The molecule has 1 nitrogen and oxygen atoms in total. The second-order valence-corrected chi connectivity index (χ2v) is 6.26. The molecule has 3 heteroatoms. The first-order chi connectivity index (χ1) is 9.10. The fourth-order valence-electron chi connectivity index (χ4n) is 2.00. The predicted molar refractivity (Wildman–Crippen MR) is 87.3 cm³/mol. The fourth-order valence-corrected chi connectivity index (χ4v) is 3.20. The van der Waals surface area contributed by atoms with E-state index in [0.717, 1.165) is 10.2 Å². The largest absolute Gasteiger partial charge is 0.494 e. The predicted octanol–water partition coefficient (Wildman–Crippen LogP) is 5.64. The molecular formula is C16H16Br2O. The van der Waals surface area contributed by atoms with E-state index in [1.165, 1.54) is 16.7 Å². The molecule has 1 unspecified atom stereocenters. The van der Waals surface area contributed by atoms with E-state index < -0.39 is 0 Å². The Morgan fingerprint density at radius 2 is 1.74 bits per heavy atom. The number of ether oxygens (including phenoxy) is 1. The van der Waals surface area contributed by atoms with Gasteiger partial charge in [-0.05, 0) is 54.8 Å². The third-order valence-electron chi connectivity index (χ3n) is 2.84. The molecule has 0 aliphatic carbocycles. The topological polar surface area (TPSA) is 9.23 Å². The average molecular weight is 384 g/mol. The van der Waals surface area contributed by atoms with E-state index >= 15 is 0 Å². The molecule has 19 heavy (non-hydrogen) atoms.